The Hall–Kier alpha value is -3.71. The summed E-state index contributed by atoms with van der Waals surface area (Å²) in [4.78, 5) is 32.8. The summed E-state index contributed by atoms with van der Waals surface area (Å²) in [5.41, 5.74) is 3.17. The highest BCUT2D eigenvalue weighted by Gasteiger charge is 2.44. The quantitative estimate of drug-likeness (QED) is 0.167. The molecule has 0 fully saturated rings. The van der Waals surface area contributed by atoms with Crippen molar-refractivity contribution in [2.24, 2.45) is 0 Å². The Kier molecular flexibility index (Phi) is 10.4. The third kappa shape index (κ3) is 7.98. The van der Waals surface area contributed by atoms with Crippen molar-refractivity contribution >= 4 is 49.2 Å². The molecule has 0 radical (unpaired) electrons. The number of carbonyl (C=O) groups excluding carboxylic acids is 1. The molecule has 0 saturated carbocycles. The van der Waals surface area contributed by atoms with Crippen molar-refractivity contribution in [2.75, 3.05) is 18.1 Å². The first-order valence-corrected chi connectivity index (χ1v) is 18.7. The van der Waals surface area contributed by atoms with Crippen molar-refractivity contribution in [2.45, 2.75) is 77.0 Å². The Bertz CT molecular complexity index is 1660. The molecule has 2 N–H and O–H groups in total. The first-order chi connectivity index (χ1) is 21.4. The van der Waals surface area contributed by atoms with Gasteiger partial charge in [0.25, 0.3) is 8.32 Å². The third-order valence-electron chi connectivity index (χ3n) is 8.63. The maximum atomic E-state index is 14.2. The van der Waals surface area contributed by atoms with E-state index in [1.165, 1.54) is 0 Å². The third-order valence-corrected chi connectivity index (χ3v) is 13.5. The van der Waals surface area contributed by atoms with Crippen LogP contribution in [0, 0.1) is 12.3 Å². The standard InChI is InChI=1S/C35H41Cl2N3O5Si/c1-9-16-44-26-14-10-22(11-15-26)17-28(38-33(42)43)32(41)40-21-35(5,6)30-29(40)19-24(18-23-12-13-25(36)20-27(23)37)31(39-30)45-46(7,8)34(2,3)4/h1,10-15,19-20,28,38H,16-18,21H2,2-8H3,(H,42,43)/t28-/m0/s1. The zero-order valence-corrected chi connectivity index (χ0v) is 29.8. The summed E-state index contributed by atoms with van der Waals surface area (Å²) in [7, 11) is -2.32. The van der Waals surface area contributed by atoms with Crippen LogP contribution in [0.5, 0.6) is 11.6 Å². The highest BCUT2D eigenvalue weighted by Crippen LogP contribution is 2.45. The summed E-state index contributed by atoms with van der Waals surface area (Å²) in [6.45, 7) is 15.3. The summed E-state index contributed by atoms with van der Waals surface area (Å²) >= 11 is 12.8. The SMILES string of the molecule is C#CCOc1ccc(C[C@H](NC(=O)O)C(=O)N2CC(C)(C)c3nc(O[Si](C)(C)C(C)(C)C)c(Cc4ccc(Cl)cc4Cl)cc32)cc1. The highest BCUT2D eigenvalue weighted by molar-refractivity contribution is 6.74. The second-order valence-electron chi connectivity index (χ2n) is 13.7. The zero-order valence-electron chi connectivity index (χ0n) is 27.3. The van der Waals surface area contributed by atoms with Crippen LogP contribution in [0.4, 0.5) is 10.5 Å². The molecule has 4 rings (SSSR count). The van der Waals surface area contributed by atoms with Crippen LogP contribution in [-0.2, 0) is 23.1 Å². The molecule has 1 aliphatic heterocycles. The Balaban J connectivity index is 1.76. The number of halogens is 2. The lowest BCUT2D eigenvalue weighted by atomic mass is 9.91. The van der Waals surface area contributed by atoms with Gasteiger partial charge in [-0.05, 0) is 59.6 Å². The number of hydrogen-bond donors (Lipinski definition) is 2. The van der Waals surface area contributed by atoms with Crippen LogP contribution in [0.1, 0.15) is 57.0 Å². The lowest BCUT2D eigenvalue weighted by Gasteiger charge is -2.36. The van der Waals surface area contributed by atoms with Crippen LogP contribution >= 0.6 is 23.2 Å². The van der Waals surface area contributed by atoms with E-state index in [2.05, 4.69) is 45.1 Å². The summed E-state index contributed by atoms with van der Waals surface area (Å²) < 4.78 is 12.2. The van der Waals surface area contributed by atoms with E-state index in [4.69, 9.17) is 43.8 Å². The Labute approximate surface area is 282 Å². The molecule has 0 saturated heterocycles. The normalized spacial score (nSPS) is 14.7. The molecule has 0 spiro atoms. The number of nitrogens with one attached hydrogen (secondary N) is 1. The van der Waals surface area contributed by atoms with Crippen LogP contribution in [-0.4, -0.2) is 49.6 Å². The molecule has 3 aromatic rings. The Morgan fingerprint density at radius 3 is 2.39 bits per heavy atom. The van der Waals surface area contributed by atoms with Crippen molar-refractivity contribution in [3.8, 4) is 24.0 Å². The topological polar surface area (TPSA) is 101 Å². The number of aromatic nitrogens is 1. The van der Waals surface area contributed by atoms with Gasteiger partial charge < -0.3 is 24.5 Å². The Morgan fingerprint density at radius 1 is 1.13 bits per heavy atom. The van der Waals surface area contributed by atoms with E-state index >= 15 is 0 Å². The smallest absolute Gasteiger partial charge is 0.405 e. The number of anilines is 1. The molecule has 244 valence electrons. The predicted molar refractivity (Wildman–Crippen MR) is 186 cm³/mol. The number of carboxylic acid groups (broad SMARTS) is 1. The van der Waals surface area contributed by atoms with Gasteiger partial charge in [-0.3, -0.25) is 4.79 Å². The first kappa shape index (κ1) is 35.1. The van der Waals surface area contributed by atoms with E-state index in [0.717, 1.165) is 16.7 Å². The van der Waals surface area contributed by atoms with Gasteiger partial charge in [0.05, 0.1) is 11.4 Å². The number of ether oxygens (including phenoxy) is 1. The second-order valence-corrected chi connectivity index (χ2v) is 19.3. The monoisotopic (exact) mass is 681 g/mol. The highest BCUT2D eigenvalue weighted by atomic mass is 35.5. The van der Waals surface area contributed by atoms with Crippen molar-refractivity contribution in [3.05, 3.63) is 81.0 Å². The van der Waals surface area contributed by atoms with Crippen molar-refractivity contribution in [1.29, 1.82) is 0 Å². The van der Waals surface area contributed by atoms with E-state index in [1.807, 2.05) is 26.0 Å². The number of carbonyl (C=O) groups is 2. The number of fused-ring (bicyclic) bond motifs is 1. The number of rotatable bonds is 10. The average molecular weight is 683 g/mol. The molecule has 1 atom stereocenters. The minimum Gasteiger partial charge on any atom is -0.530 e. The fraction of sp³-hybridized carbons (Fsp3) is 0.400. The summed E-state index contributed by atoms with van der Waals surface area (Å²) in [6, 6.07) is 13.3. The molecule has 8 nitrogen and oxygen atoms in total. The van der Waals surface area contributed by atoms with E-state index in [9.17, 15) is 14.7 Å². The molecule has 11 heteroatoms. The fourth-order valence-electron chi connectivity index (χ4n) is 5.08. The number of pyridine rings is 1. The van der Waals surface area contributed by atoms with E-state index in [1.54, 1.807) is 41.3 Å². The van der Waals surface area contributed by atoms with Gasteiger partial charge in [0, 0.05) is 40.4 Å². The summed E-state index contributed by atoms with van der Waals surface area (Å²) in [5, 5.41) is 13.1. The molecule has 2 amide bonds. The van der Waals surface area contributed by atoms with Crippen molar-refractivity contribution < 1.29 is 23.9 Å². The molecular weight excluding hydrogens is 641 g/mol. The first-order valence-electron chi connectivity index (χ1n) is 15.1. The number of benzene rings is 2. The van der Waals surface area contributed by atoms with Gasteiger partial charge in [-0.1, -0.05) is 81.9 Å². The minimum atomic E-state index is -2.32. The predicted octanol–water partition coefficient (Wildman–Crippen LogP) is 7.88. The molecule has 2 aromatic carbocycles. The van der Waals surface area contributed by atoms with Crippen molar-refractivity contribution in [1.82, 2.24) is 10.3 Å². The molecule has 1 aliphatic rings. The number of hydrogen-bond acceptors (Lipinski definition) is 5. The van der Waals surface area contributed by atoms with Gasteiger partial charge >= 0.3 is 6.09 Å². The maximum Gasteiger partial charge on any atom is 0.405 e. The number of terminal acetylenes is 1. The van der Waals surface area contributed by atoms with Gasteiger partial charge in [0.1, 0.15) is 18.4 Å². The number of nitrogens with zero attached hydrogens (tertiary/aromatic N) is 2. The van der Waals surface area contributed by atoms with Gasteiger partial charge in [0.2, 0.25) is 11.8 Å². The molecular formula is C35H41Cl2N3O5Si. The van der Waals surface area contributed by atoms with Crippen LogP contribution in [0.15, 0.2) is 48.5 Å². The lowest BCUT2D eigenvalue weighted by molar-refractivity contribution is -0.120. The molecule has 46 heavy (non-hydrogen) atoms. The largest absolute Gasteiger partial charge is 0.530 e. The van der Waals surface area contributed by atoms with Crippen LogP contribution < -0.4 is 19.4 Å². The average Bonchev–Trinajstić information content (AvgIpc) is 3.21. The lowest BCUT2D eigenvalue weighted by Crippen LogP contribution is -2.50. The summed E-state index contributed by atoms with van der Waals surface area (Å²) in [6.07, 6.45) is 4.52. The van der Waals surface area contributed by atoms with Crippen LogP contribution in [0.2, 0.25) is 28.2 Å². The molecule has 2 heterocycles. The van der Waals surface area contributed by atoms with E-state index in [-0.39, 0.29) is 24.0 Å². The summed E-state index contributed by atoms with van der Waals surface area (Å²) in [5.74, 6) is 3.14. The molecule has 0 bridgehead atoms. The zero-order chi connectivity index (χ0) is 34.0. The van der Waals surface area contributed by atoms with Gasteiger partial charge in [-0.25, -0.2) is 9.78 Å². The maximum absolute atomic E-state index is 14.2. The van der Waals surface area contributed by atoms with E-state index < -0.39 is 25.9 Å². The van der Waals surface area contributed by atoms with Crippen LogP contribution in [0.25, 0.3) is 0 Å². The minimum absolute atomic E-state index is 0.0816. The van der Waals surface area contributed by atoms with E-state index in [0.29, 0.717) is 46.0 Å². The molecule has 0 unspecified atom stereocenters. The fourth-order valence-corrected chi connectivity index (χ4v) is 6.52. The van der Waals surface area contributed by atoms with Crippen molar-refractivity contribution in [3.63, 3.8) is 0 Å². The van der Waals surface area contributed by atoms with Crippen LogP contribution in [0.3, 0.4) is 0 Å². The van der Waals surface area contributed by atoms with Gasteiger partial charge in [-0.2, -0.15) is 0 Å². The molecule has 1 aromatic heterocycles. The van der Waals surface area contributed by atoms with Gasteiger partial charge in [-0.15, -0.1) is 6.42 Å². The second kappa shape index (κ2) is 13.6. The number of amides is 2. The molecule has 0 aliphatic carbocycles. The Morgan fingerprint density at radius 2 is 1.80 bits per heavy atom. The van der Waals surface area contributed by atoms with Gasteiger partial charge in [0.15, 0.2) is 0 Å².